The molecule has 0 radical (unpaired) electrons. The molecule has 0 fully saturated rings. The number of ether oxygens (including phenoxy) is 1. The molecule has 0 aliphatic carbocycles. The highest BCUT2D eigenvalue weighted by molar-refractivity contribution is 6.09. The highest BCUT2D eigenvalue weighted by atomic mass is 16.5. The number of aromatic nitrogens is 2. The summed E-state index contributed by atoms with van der Waals surface area (Å²) in [4.78, 5) is 12.5. The van der Waals surface area contributed by atoms with Gasteiger partial charge < -0.3 is 4.74 Å². The zero-order chi connectivity index (χ0) is 15.5. The Morgan fingerprint density at radius 1 is 1.05 bits per heavy atom. The molecule has 0 saturated carbocycles. The van der Waals surface area contributed by atoms with Gasteiger partial charge in [0, 0.05) is 11.8 Å². The average Bonchev–Trinajstić information content (AvgIpc) is 2.97. The first kappa shape index (κ1) is 14.1. The summed E-state index contributed by atoms with van der Waals surface area (Å²) in [5, 5.41) is 4.44. The number of methoxy groups -OCH3 is 1. The Morgan fingerprint density at radius 2 is 1.73 bits per heavy atom. The number of rotatable bonds is 4. The van der Waals surface area contributed by atoms with E-state index in [9.17, 15) is 4.79 Å². The molecular weight excluding hydrogens is 276 g/mol. The molecule has 3 aromatic rings. The van der Waals surface area contributed by atoms with Crippen LogP contribution in [-0.2, 0) is 0 Å². The SMILES string of the molecule is COc1ccc(-n2cc(C(=O)c3ccccc3)c(C)n2)cc1. The average molecular weight is 292 g/mol. The van der Waals surface area contributed by atoms with Crippen molar-refractivity contribution in [3.8, 4) is 11.4 Å². The van der Waals surface area contributed by atoms with Crippen LogP contribution in [0.1, 0.15) is 21.6 Å². The maximum absolute atomic E-state index is 12.5. The molecule has 0 aliphatic heterocycles. The summed E-state index contributed by atoms with van der Waals surface area (Å²) >= 11 is 0. The lowest BCUT2D eigenvalue weighted by Crippen LogP contribution is -2.01. The van der Waals surface area contributed by atoms with E-state index in [-0.39, 0.29) is 5.78 Å². The van der Waals surface area contributed by atoms with E-state index in [1.165, 1.54) is 0 Å². The molecule has 1 aromatic heterocycles. The monoisotopic (exact) mass is 292 g/mol. The minimum atomic E-state index is -0.0159. The van der Waals surface area contributed by atoms with E-state index in [2.05, 4.69) is 5.10 Å². The second-order valence-corrected chi connectivity index (χ2v) is 4.97. The molecule has 110 valence electrons. The number of benzene rings is 2. The number of hydrogen-bond acceptors (Lipinski definition) is 3. The zero-order valence-corrected chi connectivity index (χ0v) is 12.5. The van der Waals surface area contributed by atoms with E-state index < -0.39 is 0 Å². The Hall–Kier alpha value is -2.88. The van der Waals surface area contributed by atoms with Gasteiger partial charge in [-0.2, -0.15) is 5.10 Å². The van der Waals surface area contributed by atoms with Crippen LogP contribution in [0.2, 0.25) is 0 Å². The Morgan fingerprint density at radius 3 is 2.36 bits per heavy atom. The first-order chi connectivity index (χ1) is 10.7. The van der Waals surface area contributed by atoms with E-state index in [4.69, 9.17) is 4.74 Å². The van der Waals surface area contributed by atoms with E-state index in [0.717, 1.165) is 11.4 Å². The molecule has 0 saturated heterocycles. The lowest BCUT2D eigenvalue weighted by molar-refractivity contribution is 0.103. The molecule has 0 spiro atoms. The summed E-state index contributed by atoms with van der Waals surface area (Å²) in [6, 6.07) is 16.8. The van der Waals surface area contributed by atoms with Crippen molar-refractivity contribution in [2.24, 2.45) is 0 Å². The lowest BCUT2D eigenvalue weighted by Gasteiger charge is -2.03. The number of nitrogens with zero attached hydrogens (tertiary/aromatic N) is 2. The van der Waals surface area contributed by atoms with Gasteiger partial charge in [-0.1, -0.05) is 30.3 Å². The number of carbonyl (C=O) groups is 1. The molecule has 4 nitrogen and oxygen atoms in total. The highest BCUT2D eigenvalue weighted by Crippen LogP contribution is 2.18. The van der Waals surface area contributed by atoms with Crippen LogP contribution < -0.4 is 4.74 Å². The lowest BCUT2D eigenvalue weighted by atomic mass is 10.0. The van der Waals surface area contributed by atoms with Crippen molar-refractivity contribution in [2.45, 2.75) is 6.92 Å². The molecule has 4 heteroatoms. The Bertz CT molecular complexity index is 790. The fourth-order valence-corrected chi connectivity index (χ4v) is 2.30. The van der Waals surface area contributed by atoms with E-state index >= 15 is 0 Å². The maximum Gasteiger partial charge on any atom is 0.196 e. The molecule has 0 unspecified atom stereocenters. The van der Waals surface area contributed by atoms with Crippen LogP contribution in [0, 0.1) is 6.92 Å². The Balaban J connectivity index is 1.95. The molecule has 1 heterocycles. The van der Waals surface area contributed by atoms with Crippen LogP contribution in [0.15, 0.2) is 60.8 Å². The summed E-state index contributed by atoms with van der Waals surface area (Å²) in [7, 11) is 1.63. The van der Waals surface area contributed by atoms with Gasteiger partial charge in [-0.05, 0) is 31.2 Å². The zero-order valence-electron chi connectivity index (χ0n) is 12.5. The first-order valence-electron chi connectivity index (χ1n) is 6.99. The second-order valence-electron chi connectivity index (χ2n) is 4.97. The normalized spacial score (nSPS) is 10.5. The number of hydrogen-bond donors (Lipinski definition) is 0. The van der Waals surface area contributed by atoms with Crippen LogP contribution in [0.4, 0.5) is 0 Å². The van der Waals surface area contributed by atoms with E-state index in [1.54, 1.807) is 18.0 Å². The summed E-state index contributed by atoms with van der Waals surface area (Å²) < 4.78 is 6.86. The summed E-state index contributed by atoms with van der Waals surface area (Å²) in [5.41, 5.74) is 2.88. The molecular formula is C18H16N2O2. The minimum absolute atomic E-state index is 0.0159. The van der Waals surface area contributed by atoms with Gasteiger partial charge in [0.1, 0.15) is 5.75 Å². The first-order valence-corrected chi connectivity index (χ1v) is 6.99. The molecule has 3 rings (SSSR count). The van der Waals surface area contributed by atoms with Crippen molar-refractivity contribution in [2.75, 3.05) is 7.11 Å². The van der Waals surface area contributed by atoms with Crippen molar-refractivity contribution in [1.82, 2.24) is 9.78 Å². The summed E-state index contributed by atoms with van der Waals surface area (Å²) in [6.45, 7) is 1.84. The summed E-state index contributed by atoms with van der Waals surface area (Å²) in [6.07, 6.45) is 1.77. The minimum Gasteiger partial charge on any atom is -0.497 e. The van der Waals surface area contributed by atoms with Crippen molar-refractivity contribution in [3.63, 3.8) is 0 Å². The standard InChI is InChI=1S/C18H16N2O2/c1-13-17(18(21)14-6-4-3-5-7-14)12-20(19-13)15-8-10-16(22-2)11-9-15/h3-12H,1-2H3. The van der Waals surface area contributed by atoms with Crippen molar-refractivity contribution in [3.05, 3.63) is 77.6 Å². The molecule has 0 bridgehead atoms. The molecule has 0 N–H and O–H groups in total. The second kappa shape index (κ2) is 5.85. The van der Waals surface area contributed by atoms with Crippen molar-refractivity contribution in [1.29, 1.82) is 0 Å². The quantitative estimate of drug-likeness (QED) is 0.692. The predicted octanol–water partition coefficient (Wildman–Crippen LogP) is 3.42. The third-order valence-corrected chi connectivity index (χ3v) is 3.52. The Kier molecular flexibility index (Phi) is 3.74. The Labute approximate surface area is 129 Å². The molecule has 2 aromatic carbocycles. The number of ketones is 1. The smallest absolute Gasteiger partial charge is 0.196 e. The van der Waals surface area contributed by atoms with Crippen LogP contribution in [0.25, 0.3) is 5.69 Å². The van der Waals surface area contributed by atoms with Gasteiger partial charge >= 0.3 is 0 Å². The van der Waals surface area contributed by atoms with E-state index in [1.807, 2.05) is 61.5 Å². The van der Waals surface area contributed by atoms with Gasteiger partial charge in [0.15, 0.2) is 5.78 Å². The molecule has 0 amide bonds. The van der Waals surface area contributed by atoms with Gasteiger partial charge in [0.25, 0.3) is 0 Å². The highest BCUT2D eigenvalue weighted by Gasteiger charge is 2.15. The van der Waals surface area contributed by atoms with Gasteiger partial charge in [-0.25, -0.2) is 4.68 Å². The number of aryl methyl sites for hydroxylation is 1. The topological polar surface area (TPSA) is 44.1 Å². The predicted molar refractivity (Wildman–Crippen MR) is 84.7 cm³/mol. The van der Waals surface area contributed by atoms with Gasteiger partial charge in [0.2, 0.25) is 0 Å². The molecule has 0 aliphatic rings. The number of carbonyl (C=O) groups excluding carboxylic acids is 1. The van der Waals surface area contributed by atoms with Crippen LogP contribution in [-0.4, -0.2) is 22.7 Å². The fourth-order valence-electron chi connectivity index (χ4n) is 2.30. The van der Waals surface area contributed by atoms with Crippen LogP contribution >= 0.6 is 0 Å². The molecule has 0 atom stereocenters. The van der Waals surface area contributed by atoms with Crippen molar-refractivity contribution < 1.29 is 9.53 Å². The van der Waals surface area contributed by atoms with E-state index in [0.29, 0.717) is 16.8 Å². The van der Waals surface area contributed by atoms with Gasteiger partial charge in [0.05, 0.1) is 24.1 Å². The third-order valence-electron chi connectivity index (χ3n) is 3.52. The molecule has 22 heavy (non-hydrogen) atoms. The third kappa shape index (κ3) is 2.63. The van der Waals surface area contributed by atoms with Gasteiger partial charge in [-0.15, -0.1) is 0 Å². The van der Waals surface area contributed by atoms with Gasteiger partial charge in [-0.3, -0.25) is 4.79 Å². The van der Waals surface area contributed by atoms with Crippen LogP contribution in [0.3, 0.4) is 0 Å². The summed E-state index contributed by atoms with van der Waals surface area (Å²) in [5.74, 6) is 0.770. The van der Waals surface area contributed by atoms with Crippen LogP contribution in [0.5, 0.6) is 5.75 Å². The fraction of sp³-hybridized carbons (Fsp3) is 0.111. The largest absolute Gasteiger partial charge is 0.497 e. The van der Waals surface area contributed by atoms with Crippen molar-refractivity contribution >= 4 is 5.78 Å². The maximum atomic E-state index is 12.5.